The molecule has 0 radical (unpaired) electrons. The molecule has 8 heteroatoms. The van der Waals surface area contributed by atoms with Gasteiger partial charge in [0, 0.05) is 31.6 Å². The van der Waals surface area contributed by atoms with Crippen molar-refractivity contribution in [1.82, 2.24) is 9.80 Å². The number of nitrogens with zero attached hydrogens (tertiary/aromatic N) is 3. The van der Waals surface area contributed by atoms with Gasteiger partial charge in [-0.05, 0) is 58.3 Å². The van der Waals surface area contributed by atoms with Crippen molar-refractivity contribution in [1.29, 1.82) is 0 Å². The molecule has 4 aliphatic rings. The van der Waals surface area contributed by atoms with Crippen LogP contribution in [0.2, 0.25) is 0 Å². The molecule has 1 fully saturated rings. The number of hydrogen-bond donors (Lipinski definition) is 2. The van der Waals surface area contributed by atoms with Crippen LogP contribution in [0.1, 0.15) is 50.7 Å². The highest BCUT2D eigenvalue weighted by Gasteiger charge is 2.61. The van der Waals surface area contributed by atoms with Gasteiger partial charge in [0.15, 0.2) is 0 Å². The van der Waals surface area contributed by atoms with Crippen LogP contribution in [0.15, 0.2) is 24.3 Å². The molecule has 0 bridgehead atoms. The number of rotatable bonds is 5. The molecule has 0 aromatic heterocycles. The molecule has 2 amide bonds. The number of hydrogen-bond acceptors (Lipinski definition) is 5. The summed E-state index contributed by atoms with van der Waals surface area (Å²) in [5, 5.41) is 20.7. The first-order chi connectivity index (χ1) is 15.8. The van der Waals surface area contributed by atoms with Gasteiger partial charge in [-0.15, -0.1) is 0 Å². The number of carbonyl (C=O) groups excluding carboxylic acids is 1. The van der Waals surface area contributed by atoms with Crippen LogP contribution in [-0.2, 0) is 16.8 Å². The molecule has 2 aliphatic heterocycles. The maximum atomic E-state index is 13.4. The normalized spacial score (nSPS) is 28.8. The maximum absolute atomic E-state index is 13.4. The van der Waals surface area contributed by atoms with Crippen molar-refractivity contribution in [3.05, 3.63) is 35.4 Å². The van der Waals surface area contributed by atoms with Gasteiger partial charge in [0.05, 0.1) is 17.2 Å². The molecule has 3 atom stereocenters. The monoisotopic (exact) mass is 455 g/mol. The molecule has 2 heterocycles. The van der Waals surface area contributed by atoms with E-state index in [0.29, 0.717) is 43.8 Å². The highest BCUT2D eigenvalue weighted by Crippen LogP contribution is 2.58. The number of anilines is 1. The topological polar surface area (TPSA) is 93.6 Å². The smallest absolute Gasteiger partial charge is 0.412 e. The molecular formula is C25H33N3O5. The summed E-state index contributed by atoms with van der Waals surface area (Å²) in [6, 6.07) is 3.80. The standard InChI is InChI=1S/C25H33N3O5/c1-4-27(5-2)22(30)25(10-11-25)28(23(31)32)18-7-6-16-15-26(3)13-12-24-9-8-17(29)14-19(24)33-21(18)20(16)24/h6-9,17,19,29H,4-5,10-15H2,1-3H3,(H,31,32)/t17-,19-,24-/m0/s1. The van der Waals surface area contributed by atoms with Crippen LogP contribution in [0.5, 0.6) is 5.75 Å². The number of ether oxygens (including phenoxy) is 1. The van der Waals surface area contributed by atoms with Crippen LogP contribution >= 0.6 is 0 Å². The Hall–Kier alpha value is -2.58. The average Bonchev–Trinajstić information content (AvgIpc) is 3.52. The lowest BCUT2D eigenvalue weighted by Crippen LogP contribution is -2.53. The maximum Gasteiger partial charge on any atom is 0.412 e. The zero-order chi connectivity index (χ0) is 23.5. The van der Waals surface area contributed by atoms with Gasteiger partial charge in [-0.3, -0.25) is 9.69 Å². The second kappa shape index (κ2) is 7.74. The largest absolute Gasteiger partial charge is 0.487 e. The third kappa shape index (κ3) is 3.18. The molecule has 2 N–H and O–H groups in total. The van der Waals surface area contributed by atoms with Gasteiger partial charge in [0.2, 0.25) is 5.91 Å². The van der Waals surface area contributed by atoms with Gasteiger partial charge in [-0.1, -0.05) is 18.2 Å². The number of carbonyl (C=O) groups is 2. The fraction of sp³-hybridized carbons (Fsp3) is 0.600. The molecule has 1 saturated carbocycles. The predicted octanol–water partition coefficient (Wildman–Crippen LogP) is 2.73. The van der Waals surface area contributed by atoms with E-state index in [1.807, 2.05) is 32.1 Å². The van der Waals surface area contributed by atoms with Crippen LogP contribution in [0.25, 0.3) is 0 Å². The number of aliphatic hydroxyl groups excluding tert-OH is 1. The van der Waals surface area contributed by atoms with Crippen molar-refractivity contribution < 1.29 is 24.5 Å². The summed E-state index contributed by atoms with van der Waals surface area (Å²) >= 11 is 0. The SMILES string of the molecule is CCN(CC)C(=O)C1(N(C(=O)O)c2ccc3c4c2O[C@H]2C[C@@H](O)C=C[C@@]42CCN(C)C3)CC1. The van der Waals surface area contributed by atoms with Crippen LogP contribution in [0.3, 0.4) is 0 Å². The van der Waals surface area contributed by atoms with E-state index in [-0.39, 0.29) is 12.0 Å². The van der Waals surface area contributed by atoms with Crippen molar-refractivity contribution >= 4 is 17.7 Å². The minimum Gasteiger partial charge on any atom is -0.487 e. The molecule has 178 valence electrons. The number of aliphatic hydroxyl groups is 1. The van der Waals surface area contributed by atoms with E-state index < -0.39 is 23.2 Å². The third-order valence-corrected chi connectivity index (χ3v) is 7.97. The highest BCUT2D eigenvalue weighted by atomic mass is 16.5. The molecule has 0 saturated heterocycles. The molecule has 1 aromatic carbocycles. The van der Waals surface area contributed by atoms with Crippen LogP contribution < -0.4 is 9.64 Å². The van der Waals surface area contributed by atoms with Gasteiger partial charge in [-0.2, -0.15) is 0 Å². The number of amides is 2. The predicted molar refractivity (Wildman–Crippen MR) is 124 cm³/mol. The fourth-order valence-electron chi connectivity index (χ4n) is 6.08. The fourth-order valence-corrected chi connectivity index (χ4v) is 6.08. The first-order valence-electron chi connectivity index (χ1n) is 12.0. The van der Waals surface area contributed by atoms with Gasteiger partial charge in [0.25, 0.3) is 0 Å². The lowest BCUT2D eigenvalue weighted by molar-refractivity contribution is -0.133. The van der Waals surface area contributed by atoms with E-state index in [9.17, 15) is 19.8 Å². The minimum atomic E-state index is -1.14. The summed E-state index contributed by atoms with van der Waals surface area (Å²) in [5.41, 5.74) is 1.11. The zero-order valence-electron chi connectivity index (χ0n) is 19.6. The molecule has 8 nitrogen and oxygen atoms in total. The Balaban J connectivity index is 1.66. The summed E-state index contributed by atoms with van der Waals surface area (Å²) < 4.78 is 6.51. The molecule has 1 spiro atoms. The molecule has 5 rings (SSSR count). The molecule has 0 unspecified atom stereocenters. The van der Waals surface area contributed by atoms with Gasteiger partial charge in [-0.25, -0.2) is 4.79 Å². The lowest BCUT2D eigenvalue weighted by Gasteiger charge is -2.35. The Morgan fingerprint density at radius 2 is 1.94 bits per heavy atom. The van der Waals surface area contributed by atoms with Crippen LogP contribution in [0.4, 0.5) is 10.5 Å². The molecule has 2 aliphatic carbocycles. The number of carboxylic acid groups (broad SMARTS) is 1. The average molecular weight is 456 g/mol. The van der Waals surface area contributed by atoms with E-state index >= 15 is 0 Å². The van der Waals surface area contributed by atoms with Crippen molar-refractivity contribution in [3.8, 4) is 5.75 Å². The van der Waals surface area contributed by atoms with Crippen molar-refractivity contribution in [2.24, 2.45) is 0 Å². The summed E-state index contributed by atoms with van der Waals surface area (Å²) in [6.45, 7) is 6.52. The summed E-state index contributed by atoms with van der Waals surface area (Å²) in [4.78, 5) is 31.3. The van der Waals surface area contributed by atoms with Crippen LogP contribution in [0, 0.1) is 0 Å². The third-order valence-electron chi connectivity index (χ3n) is 7.97. The van der Waals surface area contributed by atoms with Crippen molar-refractivity contribution in [2.75, 3.05) is 31.6 Å². The quantitative estimate of drug-likeness (QED) is 0.663. The van der Waals surface area contributed by atoms with E-state index in [2.05, 4.69) is 18.0 Å². The van der Waals surface area contributed by atoms with Crippen molar-refractivity contribution in [2.45, 2.75) is 69.2 Å². The van der Waals surface area contributed by atoms with E-state index in [1.54, 1.807) is 4.90 Å². The minimum absolute atomic E-state index is 0.141. The molecule has 1 aromatic rings. The van der Waals surface area contributed by atoms with Gasteiger partial charge >= 0.3 is 6.09 Å². The summed E-state index contributed by atoms with van der Waals surface area (Å²) in [6.07, 6.45) is 4.23. The van der Waals surface area contributed by atoms with E-state index in [0.717, 1.165) is 30.6 Å². The highest BCUT2D eigenvalue weighted by molar-refractivity contribution is 6.03. The second-order valence-electron chi connectivity index (χ2n) is 9.87. The Bertz CT molecular complexity index is 1020. The Kier molecular flexibility index (Phi) is 5.21. The van der Waals surface area contributed by atoms with Crippen molar-refractivity contribution in [3.63, 3.8) is 0 Å². The second-order valence-corrected chi connectivity index (χ2v) is 9.87. The Labute approximate surface area is 194 Å². The summed E-state index contributed by atoms with van der Waals surface area (Å²) in [7, 11) is 2.08. The van der Waals surface area contributed by atoms with E-state index in [1.165, 1.54) is 4.90 Å². The molecule has 33 heavy (non-hydrogen) atoms. The zero-order valence-corrected chi connectivity index (χ0v) is 19.6. The Morgan fingerprint density at radius 1 is 1.21 bits per heavy atom. The molecular weight excluding hydrogens is 422 g/mol. The number of benzene rings is 1. The summed E-state index contributed by atoms with van der Waals surface area (Å²) in [5.74, 6) is 0.421. The lowest BCUT2D eigenvalue weighted by atomic mass is 9.69. The first-order valence-corrected chi connectivity index (χ1v) is 12.0. The van der Waals surface area contributed by atoms with Gasteiger partial charge in [0.1, 0.15) is 17.4 Å². The Morgan fingerprint density at radius 3 is 2.58 bits per heavy atom. The van der Waals surface area contributed by atoms with E-state index in [4.69, 9.17) is 4.74 Å². The number of likely N-dealkylation sites (N-methyl/N-ethyl adjacent to an activating group) is 1. The van der Waals surface area contributed by atoms with Gasteiger partial charge < -0.3 is 24.7 Å². The first kappa shape index (κ1) is 22.2. The van der Waals surface area contributed by atoms with Crippen LogP contribution in [-0.4, -0.2) is 76.4 Å².